The number of halogens is 1. The first-order valence-corrected chi connectivity index (χ1v) is 8.77. The van der Waals surface area contributed by atoms with E-state index in [0.29, 0.717) is 12.0 Å². The van der Waals surface area contributed by atoms with Crippen LogP contribution >= 0.6 is 15.9 Å². The third-order valence-electron chi connectivity index (χ3n) is 4.78. The molecule has 0 spiro atoms. The van der Waals surface area contributed by atoms with E-state index in [2.05, 4.69) is 70.3 Å². The normalized spacial score (nSPS) is 25.9. The third-order valence-corrected chi connectivity index (χ3v) is 5.27. The van der Waals surface area contributed by atoms with Gasteiger partial charge in [-0.25, -0.2) is 0 Å². The molecule has 2 atom stereocenters. The molecule has 116 valence electrons. The van der Waals surface area contributed by atoms with Crippen molar-refractivity contribution in [2.75, 3.05) is 32.1 Å². The molecule has 3 nitrogen and oxygen atoms in total. The van der Waals surface area contributed by atoms with Crippen molar-refractivity contribution in [1.82, 2.24) is 10.2 Å². The Morgan fingerprint density at radius 3 is 2.67 bits per heavy atom. The Morgan fingerprint density at radius 1 is 1.29 bits per heavy atom. The SMILES string of the molecule is CC1CN(c2ccc(Br)cc2CNC2CC2)CC1N(C)C. The first kappa shape index (κ1) is 15.3. The van der Waals surface area contributed by atoms with Crippen LogP contribution in [0.3, 0.4) is 0 Å². The molecule has 3 rings (SSSR count). The molecule has 0 amide bonds. The van der Waals surface area contributed by atoms with Crippen molar-refractivity contribution < 1.29 is 0 Å². The lowest BCUT2D eigenvalue weighted by Crippen LogP contribution is -2.34. The fraction of sp³-hybridized carbons (Fsp3) is 0.647. The maximum Gasteiger partial charge on any atom is 0.0413 e. The molecule has 2 unspecified atom stereocenters. The van der Waals surface area contributed by atoms with E-state index in [4.69, 9.17) is 0 Å². The van der Waals surface area contributed by atoms with Crippen LogP contribution in [-0.2, 0) is 6.54 Å². The average molecular weight is 352 g/mol. The molecule has 0 radical (unpaired) electrons. The summed E-state index contributed by atoms with van der Waals surface area (Å²) < 4.78 is 1.18. The lowest BCUT2D eigenvalue weighted by atomic mass is 10.1. The Kier molecular flexibility index (Phi) is 4.57. The van der Waals surface area contributed by atoms with Crippen molar-refractivity contribution in [1.29, 1.82) is 0 Å². The molecular weight excluding hydrogens is 326 g/mol. The highest BCUT2D eigenvalue weighted by Crippen LogP contribution is 2.31. The van der Waals surface area contributed by atoms with Crippen LogP contribution in [-0.4, -0.2) is 44.2 Å². The van der Waals surface area contributed by atoms with Crippen molar-refractivity contribution in [2.24, 2.45) is 5.92 Å². The zero-order chi connectivity index (χ0) is 15.0. The number of benzene rings is 1. The van der Waals surface area contributed by atoms with Gasteiger partial charge in [-0.3, -0.25) is 0 Å². The Hall–Kier alpha value is -0.580. The molecule has 21 heavy (non-hydrogen) atoms. The van der Waals surface area contributed by atoms with Gasteiger partial charge in [-0.05, 0) is 56.6 Å². The standard InChI is InChI=1S/C17H26BrN3/c1-12-10-21(11-17(12)20(2)3)16-7-4-14(18)8-13(16)9-19-15-5-6-15/h4,7-8,12,15,17,19H,5-6,9-11H2,1-3H3. The Labute approximate surface area is 136 Å². The number of anilines is 1. The van der Waals surface area contributed by atoms with Gasteiger partial charge in [0.15, 0.2) is 0 Å². The van der Waals surface area contributed by atoms with Crippen molar-refractivity contribution >= 4 is 21.6 Å². The van der Waals surface area contributed by atoms with Gasteiger partial charge in [-0.2, -0.15) is 0 Å². The number of rotatable bonds is 5. The van der Waals surface area contributed by atoms with E-state index in [0.717, 1.165) is 25.7 Å². The van der Waals surface area contributed by atoms with Crippen molar-refractivity contribution in [3.05, 3.63) is 28.2 Å². The molecule has 1 aliphatic carbocycles. The Morgan fingerprint density at radius 2 is 2.05 bits per heavy atom. The monoisotopic (exact) mass is 351 g/mol. The maximum absolute atomic E-state index is 3.65. The summed E-state index contributed by atoms with van der Waals surface area (Å²) in [5, 5.41) is 3.65. The van der Waals surface area contributed by atoms with Gasteiger partial charge < -0.3 is 15.1 Å². The van der Waals surface area contributed by atoms with Gasteiger partial charge in [0.25, 0.3) is 0 Å². The van der Waals surface area contributed by atoms with Gasteiger partial charge in [0.1, 0.15) is 0 Å². The van der Waals surface area contributed by atoms with Gasteiger partial charge >= 0.3 is 0 Å². The summed E-state index contributed by atoms with van der Waals surface area (Å²) in [5.41, 5.74) is 2.82. The van der Waals surface area contributed by atoms with E-state index < -0.39 is 0 Å². The molecule has 1 heterocycles. The fourth-order valence-corrected chi connectivity index (χ4v) is 3.77. The highest BCUT2D eigenvalue weighted by molar-refractivity contribution is 9.10. The van der Waals surface area contributed by atoms with E-state index >= 15 is 0 Å². The highest BCUT2D eigenvalue weighted by Gasteiger charge is 2.32. The first-order chi connectivity index (χ1) is 10.0. The predicted molar refractivity (Wildman–Crippen MR) is 92.9 cm³/mol. The minimum atomic E-state index is 0.651. The second kappa shape index (κ2) is 6.27. The average Bonchev–Trinajstić information content (AvgIpc) is 3.18. The summed E-state index contributed by atoms with van der Waals surface area (Å²) in [7, 11) is 4.39. The summed E-state index contributed by atoms with van der Waals surface area (Å²) in [6, 6.07) is 8.13. The molecule has 1 aromatic carbocycles. The second-order valence-corrected chi connectivity index (χ2v) is 7.76. The summed E-state index contributed by atoms with van der Waals surface area (Å²) in [5.74, 6) is 0.716. The topological polar surface area (TPSA) is 18.5 Å². The quantitative estimate of drug-likeness (QED) is 0.879. The van der Waals surface area contributed by atoms with Crippen molar-refractivity contribution in [3.8, 4) is 0 Å². The summed E-state index contributed by atoms with van der Waals surface area (Å²) >= 11 is 3.62. The molecule has 1 aromatic rings. The molecule has 0 bridgehead atoms. The van der Waals surface area contributed by atoms with Crippen molar-refractivity contribution in [3.63, 3.8) is 0 Å². The Balaban J connectivity index is 1.77. The molecule has 0 aromatic heterocycles. The lowest BCUT2D eigenvalue weighted by Gasteiger charge is -2.24. The van der Waals surface area contributed by atoms with Crippen LogP contribution in [0, 0.1) is 5.92 Å². The van der Waals surface area contributed by atoms with Gasteiger partial charge in [-0.15, -0.1) is 0 Å². The molecular formula is C17H26BrN3. The fourth-order valence-electron chi connectivity index (χ4n) is 3.36. The first-order valence-electron chi connectivity index (χ1n) is 7.98. The molecule has 2 aliphatic rings. The second-order valence-electron chi connectivity index (χ2n) is 6.84. The van der Waals surface area contributed by atoms with E-state index in [1.165, 1.54) is 28.6 Å². The minimum Gasteiger partial charge on any atom is -0.369 e. The number of nitrogens with zero attached hydrogens (tertiary/aromatic N) is 2. The van der Waals surface area contributed by atoms with E-state index in [1.54, 1.807) is 0 Å². The van der Waals surface area contributed by atoms with Gasteiger partial charge in [0, 0.05) is 41.9 Å². The van der Waals surface area contributed by atoms with Crippen LogP contribution in [0.15, 0.2) is 22.7 Å². The molecule has 1 saturated carbocycles. The summed E-state index contributed by atoms with van der Waals surface area (Å²) in [4.78, 5) is 4.93. The van der Waals surface area contributed by atoms with Gasteiger partial charge in [0.05, 0.1) is 0 Å². The van der Waals surface area contributed by atoms with Crippen molar-refractivity contribution in [2.45, 2.75) is 38.4 Å². The predicted octanol–water partition coefficient (Wildman–Crippen LogP) is 3.09. The van der Waals surface area contributed by atoms with Crippen LogP contribution in [0.2, 0.25) is 0 Å². The van der Waals surface area contributed by atoms with E-state index in [-0.39, 0.29) is 0 Å². The molecule has 4 heteroatoms. The summed E-state index contributed by atoms with van der Waals surface area (Å²) in [6.07, 6.45) is 2.68. The number of likely N-dealkylation sites (N-methyl/N-ethyl adjacent to an activating group) is 1. The van der Waals surface area contributed by atoms with Crippen LogP contribution in [0.1, 0.15) is 25.3 Å². The smallest absolute Gasteiger partial charge is 0.0413 e. The van der Waals surface area contributed by atoms with Crippen LogP contribution in [0.25, 0.3) is 0 Å². The maximum atomic E-state index is 3.65. The van der Waals surface area contributed by atoms with Crippen LogP contribution in [0.5, 0.6) is 0 Å². The van der Waals surface area contributed by atoms with E-state index in [1.807, 2.05) is 0 Å². The number of nitrogens with one attached hydrogen (secondary N) is 1. The Bertz CT molecular complexity index is 499. The van der Waals surface area contributed by atoms with Gasteiger partial charge in [0.2, 0.25) is 0 Å². The van der Waals surface area contributed by atoms with Crippen LogP contribution in [0.4, 0.5) is 5.69 Å². The number of hydrogen-bond acceptors (Lipinski definition) is 3. The van der Waals surface area contributed by atoms with E-state index in [9.17, 15) is 0 Å². The molecule has 1 aliphatic heterocycles. The highest BCUT2D eigenvalue weighted by atomic mass is 79.9. The zero-order valence-corrected chi connectivity index (χ0v) is 14.9. The van der Waals surface area contributed by atoms with Crippen LogP contribution < -0.4 is 10.2 Å². The molecule has 1 saturated heterocycles. The summed E-state index contributed by atoms with van der Waals surface area (Å²) in [6.45, 7) is 5.63. The number of hydrogen-bond donors (Lipinski definition) is 1. The lowest BCUT2D eigenvalue weighted by molar-refractivity contribution is 0.266. The largest absolute Gasteiger partial charge is 0.369 e. The molecule has 2 fully saturated rings. The minimum absolute atomic E-state index is 0.651. The van der Waals surface area contributed by atoms with Gasteiger partial charge in [-0.1, -0.05) is 22.9 Å². The third kappa shape index (κ3) is 3.61. The molecule has 1 N–H and O–H groups in total. The zero-order valence-electron chi connectivity index (χ0n) is 13.3.